The van der Waals surface area contributed by atoms with Crippen LogP contribution in [0.25, 0.3) is 0 Å². The number of nitrogens with zero attached hydrogens (tertiary/aromatic N) is 3. The summed E-state index contributed by atoms with van der Waals surface area (Å²) >= 11 is 0. The Bertz CT molecular complexity index is 787. The van der Waals surface area contributed by atoms with Crippen molar-refractivity contribution in [1.29, 1.82) is 0 Å². The highest BCUT2D eigenvalue weighted by Crippen LogP contribution is 2.69. The van der Waals surface area contributed by atoms with Gasteiger partial charge < -0.3 is 10.2 Å². The van der Waals surface area contributed by atoms with E-state index in [2.05, 4.69) is 48.3 Å². The lowest BCUT2D eigenvalue weighted by Gasteiger charge is -2.64. The van der Waals surface area contributed by atoms with Gasteiger partial charge in [0, 0.05) is 6.42 Å². The van der Waals surface area contributed by atoms with Crippen LogP contribution in [0.4, 0.5) is 0 Å². The minimum Gasteiger partial charge on any atom is -0.393 e. The Labute approximate surface area is 193 Å². The zero-order valence-corrected chi connectivity index (χ0v) is 20.5. The maximum absolute atomic E-state index is 11.8. The summed E-state index contributed by atoms with van der Waals surface area (Å²) in [4.78, 5) is 0. The van der Waals surface area contributed by atoms with Crippen LogP contribution in [0.15, 0.2) is 0 Å². The Hall–Kier alpha value is -1.01. The van der Waals surface area contributed by atoms with Gasteiger partial charge in [-0.2, -0.15) is 5.21 Å². The van der Waals surface area contributed by atoms with Gasteiger partial charge in [0.2, 0.25) is 0 Å². The number of H-pyrrole nitrogens is 1. The minimum atomic E-state index is -0.202. The number of aliphatic hydroxyl groups is 2. The highest BCUT2D eigenvalue weighted by atomic mass is 16.3. The van der Waals surface area contributed by atoms with E-state index >= 15 is 0 Å². The molecule has 0 saturated heterocycles. The lowest BCUT2D eigenvalue weighted by molar-refractivity contribution is -0.203. The van der Waals surface area contributed by atoms with Crippen LogP contribution in [-0.4, -0.2) is 43.0 Å². The number of fused-ring (bicyclic) bond motifs is 5. The van der Waals surface area contributed by atoms with Crippen molar-refractivity contribution in [3.8, 4) is 0 Å². The first kappa shape index (κ1) is 22.8. The van der Waals surface area contributed by atoms with Crippen molar-refractivity contribution in [2.24, 2.45) is 52.3 Å². The second kappa shape index (κ2) is 8.33. The van der Waals surface area contributed by atoms with Gasteiger partial charge in [-0.3, -0.25) is 0 Å². The van der Waals surface area contributed by atoms with Crippen LogP contribution in [0.2, 0.25) is 0 Å². The van der Waals surface area contributed by atoms with Crippen LogP contribution < -0.4 is 0 Å². The fourth-order valence-electron chi connectivity index (χ4n) is 9.78. The predicted molar refractivity (Wildman–Crippen MR) is 123 cm³/mol. The Morgan fingerprint density at radius 2 is 1.78 bits per heavy atom. The molecule has 1 unspecified atom stereocenters. The molecule has 1 aromatic heterocycles. The fourth-order valence-corrected chi connectivity index (χ4v) is 9.78. The Balaban J connectivity index is 1.38. The number of nitrogens with one attached hydrogen (secondary N) is 1. The van der Waals surface area contributed by atoms with Gasteiger partial charge in [0.05, 0.1) is 12.2 Å². The number of hydrogen-bond donors (Lipinski definition) is 3. The van der Waals surface area contributed by atoms with E-state index < -0.39 is 0 Å². The van der Waals surface area contributed by atoms with Gasteiger partial charge in [-0.15, -0.1) is 10.2 Å². The molecule has 3 N–H and O–H groups in total. The van der Waals surface area contributed by atoms with E-state index in [1.54, 1.807) is 0 Å². The molecular weight excluding hydrogens is 400 g/mol. The molecule has 0 bridgehead atoms. The largest absolute Gasteiger partial charge is 0.393 e. The van der Waals surface area contributed by atoms with E-state index in [4.69, 9.17) is 0 Å². The number of aromatic nitrogens is 4. The highest BCUT2D eigenvalue weighted by Gasteiger charge is 2.64. The van der Waals surface area contributed by atoms with Crippen LogP contribution >= 0.6 is 0 Å². The van der Waals surface area contributed by atoms with Crippen molar-refractivity contribution in [2.75, 3.05) is 0 Å². The van der Waals surface area contributed by atoms with E-state index in [1.807, 2.05) is 0 Å². The first-order valence-corrected chi connectivity index (χ1v) is 13.4. The SMILES string of the molecule is CC[C@H]1[C@@H](O)[C@@H]2[C@H](CC[C@]3(C)C([C@H](C)CCc4nn[nH]n4)CC[C@@H]23)[C@@]2(C)CC[C@@H](O)C[C@@H]12. The van der Waals surface area contributed by atoms with Crippen LogP contribution in [-0.2, 0) is 6.42 Å². The Morgan fingerprint density at radius 1 is 1.03 bits per heavy atom. The van der Waals surface area contributed by atoms with Crippen LogP contribution in [0.5, 0.6) is 0 Å². The number of aliphatic hydroxyl groups excluding tert-OH is 2. The molecule has 0 amide bonds. The van der Waals surface area contributed by atoms with Crippen LogP contribution in [0, 0.1) is 52.3 Å². The Kier molecular flexibility index (Phi) is 5.93. The summed E-state index contributed by atoms with van der Waals surface area (Å²) in [6.07, 6.45) is 10.7. The minimum absolute atomic E-state index is 0.171. The topological polar surface area (TPSA) is 94.9 Å². The third-order valence-corrected chi connectivity index (χ3v) is 11.4. The van der Waals surface area contributed by atoms with Gasteiger partial charge in [-0.25, -0.2) is 0 Å². The maximum atomic E-state index is 11.8. The second-order valence-electron chi connectivity index (χ2n) is 12.5. The number of hydrogen-bond acceptors (Lipinski definition) is 5. The molecule has 0 aromatic carbocycles. The molecule has 5 rings (SSSR count). The number of tetrazole rings is 1. The summed E-state index contributed by atoms with van der Waals surface area (Å²) in [5.41, 5.74) is 0.613. The van der Waals surface area contributed by atoms with E-state index in [9.17, 15) is 10.2 Å². The van der Waals surface area contributed by atoms with E-state index in [1.165, 1.54) is 25.7 Å². The van der Waals surface area contributed by atoms with Gasteiger partial charge in [0.1, 0.15) is 0 Å². The predicted octanol–water partition coefficient (Wildman–Crippen LogP) is 4.40. The Morgan fingerprint density at radius 3 is 2.50 bits per heavy atom. The lowest BCUT2D eigenvalue weighted by Crippen LogP contribution is -2.62. The van der Waals surface area contributed by atoms with Crippen molar-refractivity contribution in [1.82, 2.24) is 20.6 Å². The van der Waals surface area contributed by atoms with Crippen molar-refractivity contribution in [3.63, 3.8) is 0 Å². The van der Waals surface area contributed by atoms with Crippen molar-refractivity contribution in [2.45, 2.75) is 104 Å². The summed E-state index contributed by atoms with van der Waals surface area (Å²) in [5.74, 6) is 4.67. The number of rotatable bonds is 5. The molecule has 6 heteroatoms. The molecular formula is C26H44N4O2. The molecule has 4 saturated carbocycles. The molecule has 4 fully saturated rings. The standard InChI is InChI=1S/C26H44N4O2/c1-5-17-21-14-16(31)10-12-26(21,4)20-11-13-25(3)18(7-8-19(25)23(20)24(17)32)15(2)6-9-22-27-29-30-28-22/h15-21,23-24,31-32H,5-14H2,1-4H3,(H,27,28,29,30)/t15-,16-,17-,18?,19+,20+,21+,23+,24-,25-,26-/m1/s1. The van der Waals surface area contributed by atoms with Crippen molar-refractivity contribution < 1.29 is 10.2 Å². The zero-order chi connectivity index (χ0) is 22.7. The summed E-state index contributed by atoms with van der Waals surface area (Å²) in [6, 6.07) is 0. The normalized spacial score (nSPS) is 49.2. The summed E-state index contributed by atoms with van der Waals surface area (Å²) in [5, 5.41) is 36.9. The molecule has 32 heavy (non-hydrogen) atoms. The maximum Gasteiger partial charge on any atom is 0.174 e. The molecule has 4 aliphatic carbocycles. The van der Waals surface area contributed by atoms with Gasteiger partial charge in [-0.05, 0) is 104 Å². The summed E-state index contributed by atoms with van der Waals surface area (Å²) < 4.78 is 0. The first-order valence-electron chi connectivity index (χ1n) is 13.4. The van der Waals surface area contributed by atoms with Gasteiger partial charge in [0.15, 0.2) is 5.82 Å². The van der Waals surface area contributed by atoms with Crippen LogP contribution in [0.3, 0.4) is 0 Å². The molecule has 11 atom stereocenters. The highest BCUT2D eigenvalue weighted by molar-refractivity contribution is 5.13. The number of aromatic amines is 1. The van der Waals surface area contributed by atoms with Crippen LogP contribution in [0.1, 0.15) is 91.3 Å². The average Bonchev–Trinajstić information content (AvgIpc) is 3.41. The van der Waals surface area contributed by atoms with Gasteiger partial charge >= 0.3 is 0 Å². The third kappa shape index (κ3) is 3.38. The first-order chi connectivity index (χ1) is 15.3. The smallest absolute Gasteiger partial charge is 0.174 e. The molecule has 180 valence electrons. The zero-order valence-electron chi connectivity index (χ0n) is 20.5. The molecule has 1 heterocycles. The van der Waals surface area contributed by atoms with E-state index in [0.29, 0.717) is 46.8 Å². The molecule has 1 aromatic rings. The fraction of sp³-hybridized carbons (Fsp3) is 0.962. The number of aryl methyl sites for hydroxylation is 1. The van der Waals surface area contributed by atoms with E-state index in [-0.39, 0.29) is 17.6 Å². The summed E-state index contributed by atoms with van der Waals surface area (Å²) in [7, 11) is 0. The molecule has 6 nitrogen and oxygen atoms in total. The molecule has 0 spiro atoms. The summed E-state index contributed by atoms with van der Waals surface area (Å²) in [6.45, 7) is 9.77. The van der Waals surface area contributed by atoms with Gasteiger partial charge in [-0.1, -0.05) is 39.3 Å². The average molecular weight is 445 g/mol. The monoisotopic (exact) mass is 444 g/mol. The second-order valence-corrected chi connectivity index (χ2v) is 12.5. The molecule has 0 radical (unpaired) electrons. The van der Waals surface area contributed by atoms with Gasteiger partial charge in [0.25, 0.3) is 0 Å². The van der Waals surface area contributed by atoms with Crippen molar-refractivity contribution in [3.05, 3.63) is 5.82 Å². The molecule has 0 aliphatic heterocycles. The lowest BCUT2D eigenvalue weighted by atomic mass is 9.41. The van der Waals surface area contributed by atoms with E-state index in [0.717, 1.165) is 44.3 Å². The quantitative estimate of drug-likeness (QED) is 0.626. The van der Waals surface area contributed by atoms with Crippen molar-refractivity contribution >= 4 is 0 Å². The third-order valence-electron chi connectivity index (χ3n) is 11.4. The molecule has 4 aliphatic rings.